The van der Waals surface area contributed by atoms with Crippen molar-refractivity contribution in [1.29, 1.82) is 0 Å². The molecule has 0 aliphatic carbocycles. The smallest absolute Gasteiger partial charge is 0.0225 e. The summed E-state index contributed by atoms with van der Waals surface area (Å²) in [6.45, 7) is 1.20. The van der Waals surface area contributed by atoms with Crippen LogP contribution in [0.5, 0.6) is 0 Å². The molecule has 0 heterocycles. The minimum absolute atomic E-state index is 0. The Kier molecular flexibility index (Phi) is 29.4. The molecule has 4 heteroatoms. The second-order valence-electron chi connectivity index (χ2n) is 0.833. The summed E-state index contributed by atoms with van der Waals surface area (Å²) in [5.74, 6) is 4.81. The Balaban J connectivity index is -0.000000180. The van der Waals surface area contributed by atoms with Crippen LogP contribution >= 0.6 is 0 Å². The molecule has 9 heavy (non-hydrogen) atoms. The third-order valence-corrected chi connectivity index (χ3v) is 0.358. The van der Waals surface area contributed by atoms with Crippen LogP contribution in [0.3, 0.4) is 0 Å². The predicted octanol–water partition coefficient (Wildman–Crippen LogP) is -0.212. The molecule has 0 aromatic rings. The maximum atomic E-state index is 8.04. The van der Waals surface area contributed by atoms with Gasteiger partial charge in [0.05, 0.1) is 0 Å². The Bertz CT molecular complexity index is 86.7. The van der Waals surface area contributed by atoms with Crippen molar-refractivity contribution in [2.45, 2.75) is 0 Å². The molecular weight excluding hydrogens is 381 g/mol. The zero-order chi connectivity index (χ0) is 5.54. The fourth-order valence-electron chi connectivity index (χ4n) is 0.146. The van der Waals surface area contributed by atoms with Gasteiger partial charge in [0, 0.05) is 63.4 Å². The van der Waals surface area contributed by atoms with Crippen LogP contribution in [0.4, 0.5) is 0 Å². The van der Waals surface area contributed by atoms with E-state index in [4.69, 9.17) is 5.11 Å². The molecular formula is C5H7O2UV-. The molecule has 0 aromatic heterocycles. The third-order valence-electron chi connectivity index (χ3n) is 0.358. The molecule has 0 aliphatic heterocycles. The Morgan fingerprint density at radius 2 is 2.22 bits per heavy atom. The van der Waals surface area contributed by atoms with Crippen LogP contribution in [-0.2, 0) is 23.3 Å². The van der Waals surface area contributed by atoms with E-state index >= 15 is 0 Å². The molecule has 1 radical (unpaired) electrons. The van der Waals surface area contributed by atoms with Crippen LogP contribution in [0.1, 0.15) is 0 Å². The maximum absolute atomic E-state index is 8.04. The van der Waals surface area contributed by atoms with Crippen molar-refractivity contribution >= 4 is 0 Å². The molecule has 1 N–H and O–H groups in total. The Labute approximate surface area is 91.0 Å². The fourth-order valence-corrected chi connectivity index (χ4v) is 0.146. The van der Waals surface area contributed by atoms with Gasteiger partial charge < -0.3 is 9.84 Å². The van der Waals surface area contributed by atoms with E-state index in [1.54, 1.807) is 0 Å². The van der Waals surface area contributed by atoms with Gasteiger partial charge in [-0.1, -0.05) is 6.61 Å². The molecule has 0 bridgehead atoms. The van der Waals surface area contributed by atoms with Crippen LogP contribution in [-0.4, -0.2) is 18.8 Å². The molecule has 0 unspecified atom stereocenters. The topological polar surface area (TPSA) is 29.5 Å². The van der Waals surface area contributed by atoms with E-state index < -0.39 is 0 Å². The molecule has 2 nitrogen and oxygen atoms in total. The van der Waals surface area contributed by atoms with E-state index in [0.717, 1.165) is 0 Å². The first-order valence-electron chi connectivity index (χ1n) is 1.85. The summed E-state index contributed by atoms with van der Waals surface area (Å²) < 4.78 is 4.43. The quantitative estimate of drug-likeness (QED) is 0.498. The zero-order valence-electron chi connectivity index (χ0n) is 5.09. The monoisotopic (exact) mass is 388 g/mol. The van der Waals surface area contributed by atoms with E-state index in [1.807, 2.05) is 0 Å². The van der Waals surface area contributed by atoms with Gasteiger partial charge in [0.15, 0.2) is 0 Å². The van der Waals surface area contributed by atoms with Crippen molar-refractivity contribution in [3.63, 3.8) is 0 Å². The molecule has 0 atom stereocenters. The normalized spacial score (nSPS) is 5.11. The summed E-state index contributed by atoms with van der Waals surface area (Å²) in [7, 11) is 1.51. The largest absolute Gasteiger partial charge is 0.437 e. The van der Waals surface area contributed by atoms with E-state index in [2.05, 4.69) is 16.6 Å². The van der Waals surface area contributed by atoms with Gasteiger partial charge >= 0.3 is 0 Å². The van der Waals surface area contributed by atoms with Crippen molar-refractivity contribution in [2.24, 2.45) is 0 Å². The van der Waals surface area contributed by atoms with Crippen molar-refractivity contribution in [2.75, 3.05) is 13.7 Å². The summed E-state index contributed by atoms with van der Waals surface area (Å²) in [5.41, 5.74) is 0. The van der Waals surface area contributed by atoms with E-state index in [1.165, 1.54) is 13.7 Å². The number of aliphatic hydroxyl groups is 1. The average molecular weight is 388 g/mol. The second kappa shape index (κ2) is 16.0. The van der Waals surface area contributed by atoms with Gasteiger partial charge in [0.1, 0.15) is 0 Å². The van der Waals surface area contributed by atoms with E-state index in [0.29, 0.717) is 0 Å². The number of hydrogen-bond donors (Lipinski definition) is 1. The van der Waals surface area contributed by atoms with Crippen LogP contribution in [0.25, 0.3) is 0 Å². The number of ether oxygens (including phenoxy) is 1. The SMILES string of the molecule is CO[CH-]C#CCO.[U].[V]. The van der Waals surface area contributed by atoms with E-state index in [9.17, 15) is 0 Å². The first-order valence-corrected chi connectivity index (χ1v) is 1.85. The number of hydrogen-bond acceptors (Lipinski definition) is 2. The van der Waals surface area contributed by atoms with Gasteiger partial charge in [0.2, 0.25) is 0 Å². The van der Waals surface area contributed by atoms with Crippen LogP contribution in [0, 0.1) is 49.6 Å². The molecule has 0 aromatic carbocycles. The molecule has 0 fully saturated rings. The fraction of sp³-hybridized carbons (Fsp3) is 0.400. The second-order valence-corrected chi connectivity index (χ2v) is 0.833. The minimum Gasteiger partial charge on any atom is -0.437 e. The van der Waals surface area contributed by atoms with Gasteiger partial charge in [-0.25, -0.2) is 0 Å². The predicted molar refractivity (Wildman–Crippen MR) is 26.2 cm³/mol. The molecule has 0 rings (SSSR count). The standard InChI is InChI=1S/C5H7O2.U.V/c1-7-5-3-2-4-6;;/h5-6H,4H2,1H3;;/q-1;;. The van der Waals surface area contributed by atoms with Crippen molar-refractivity contribution in [1.82, 2.24) is 0 Å². The van der Waals surface area contributed by atoms with Gasteiger partial charge in [0.25, 0.3) is 0 Å². The van der Waals surface area contributed by atoms with E-state index in [-0.39, 0.29) is 56.3 Å². The minimum atomic E-state index is -0.111. The summed E-state index contributed by atoms with van der Waals surface area (Å²) in [6, 6.07) is 0. The first kappa shape index (κ1) is 16.5. The summed E-state index contributed by atoms with van der Waals surface area (Å²) >= 11 is 0. The number of aliphatic hydroxyl groups excluding tert-OH is 1. The van der Waals surface area contributed by atoms with Gasteiger partial charge in [-0.05, 0) is 0 Å². The van der Waals surface area contributed by atoms with Crippen molar-refractivity contribution in [3.05, 3.63) is 6.61 Å². The van der Waals surface area contributed by atoms with Gasteiger partial charge in [-0.3, -0.25) is 11.8 Å². The first-order chi connectivity index (χ1) is 3.41. The van der Waals surface area contributed by atoms with Crippen molar-refractivity contribution < 1.29 is 59.5 Å². The molecule has 0 saturated carbocycles. The molecule has 0 saturated heterocycles. The number of rotatable bonds is 1. The third kappa shape index (κ3) is 17.6. The average Bonchev–Trinajstić information content (AvgIpc) is 1.69. The van der Waals surface area contributed by atoms with Crippen LogP contribution in [0.2, 0.25) is 0 Å². The molecule has 0 amide bonds. The summed E-state index contributed by atoms with van der Waals surface area (Å²) in [6.07, 6.45) is 0. The van der Waals surface area contributed by atoms with Crippen LogP contribution in [0.15, 0.2) is 0 Å². The van der Waals surface area contributed by atoms with Crippen LogP contribution < -0.4 is 0 Å². The Morgan fingerprint density at radius 1 is 1.67 bits per heavy atom. The molecule has 0 spiro atoms. The van der Waals surface area contributed by atoms with Crippen molar-refractivity contribution in [3.8, 4) is 11.8 Å². The zero-order valence-corrected chi connectivity index (χ0v) is 10.6. The molecule has 0 aliphatic rings. The molecule has 49 valence electrons. The number of methoxy groups -OCH3 is 1. The maximum Gasteiger partial charge on any atom is 0.0225 e. The van der Waals surface area contributed by atoms with Gasteiger partial charge in [-0.2, -0.15) is 0 Å². The summed E-state index contributed by atoms with van der Waals surface area (Å²) in [4.78, 5) is 0. The summed E-state index contributed by atoms with van der Waals surface area (Å²) in [5, 5.41) is 8.04. The Morgan fingerprint density at radius 3 is 2.56 bits per heavy atom. The Hall–Kier alpha value is 0.986. The van der Waals surface area contributed by atoms with Gasteiger partial charge in [-0.15, -0.1) is 0 Å².